The lowest BCUT2D eigenvalue weighted by atomic mass is 10.0. The minimum Gasteiger partial charge on any atom is -0.359 e. The number of pyridine rings is 1. The third-order valence-electron chi connectivity index (χ3n) is 6.37. The Bertz CT molecular complexity index is 570. The molecular formula is C25H43BrN2. The molecule has 0 bridgehead atoms. The van der Waals surface area contributed by atoms with Gasteiger partial charge < -0.3 is 4.90 Å². The van der Waals surface area contributed by atoms with Crippen molar-refractivity contribution in [3.63, 3.8) is 0 Å². The second kappa shape index (κ2) is 13.6. The summed E-state index contributed by atoms with van der Waals surface area (Å²) in [6.45, 7) is 5.65. The van der Waals surface area contributed by atoms with Crippen molar-refractivity contribution >= 4 is 21.7 Å². The summed E-state index contributed by atoms with van der Waals surface area (Å²) in [4.78, 5) is 7.28. The largest absolute Gasteiger partial charge is 0.359 e. The van der Waals surface area contributed by atoms with Crippen LogP contribution in [0.25, 0.3) is 0 Å². The molecule has 0 amide bonds. The van der Waals surface area contributed by atoms with E-state index >= 15 is 0 Å². The predicted molar refractivity (Wildman–Crippen MR) is 128 cm³/mol. The lowest BCUT2D eigenvalue weighted by Crippen LogP contribution is -2.14. The molecule has 28 heavy (non-hydrogen) atoms. The van der Waals surface area contributed by atoms with E-state index in [4.69, 9.17) is 4.98 Å². The zero-order valence-electron chi connectivity index (χ0n) is 18.8. The van der Waals surface area contributed by atoms with Crippen LogP contribution in [0.4, 0.5) is 5.82 Å². The van der Waals surface area contributed by atoms with E-state index in [1.54, 1.807) is 0 Å². The lowest BCUT2D eigenvalue weighted by molar-refractivity contribution is 0.535. The van der Waals surface area contributed by atoms with E-state index in [9.17, 15) is 0 Å². The first-order chi connectivity index (χ1) is 13.6. The van der Waals surface area contributed by atoms with Crippen molar-refractivity contribution in [3.8, 4) is 0 Å². The van der Waals surface area contributed by atoms with Crippen LogP contribution < -0.4 is 4.90 Å². The second-order valence-corrected chi connectivity index (χ2v) is 9.61. The molecule has 3 heteroatoms. The first-order valence-electron chi connectivity index (χ1n) is 12.0. The van der Waals surface area contributed by atoms with E-state index in [-0.39, 0.29) is 0 Å². The maximum atomic E-state index is 4.97. The summed E-state index contributed by atoms with van der Waals surface area (Å²) in [7, 11) is 2.17. The maximum Gasteiger partial charge on any atom is 0.132 e. The quantitative estimate of drug-likeness (QED) is 0.250. The number of halogens is 1. The number of anilines is 1. The van der Waals surface area contributed by atoms with Crippen molar-refractivity contribution in [2.45, 2.75) is 117 Å². The van der Waals surface area contributed by atoms with Gasteiger partial charge in [-0.15, -0.1) is 0 Å². The smallest absolute Gasteiger partial charge is 0.132 e. The summed E-state index contributed by atoms with van der Waals surface area (Å²) in [6.07, 6.45) is 22.1. The molecule has 2 nitrogen and oxygen atoms in total. The minimum atomic E-state index is 1.11. The number of unbranched alkanes of at least 4 members (excludes halogenated alkanes) is 13. The average molecular weight is 452 g/mol. The van der Waals surface area contributed by atoms with Crippen LogP contribution in [-0.4, -0.2) is 18.6 Å². The third kappa shape index (κ3) is 7.69. The Kier molecular flexibility index (Phi) is 11.5. The summed E-state index contributed by atoms with van der Waals surface area (Å²) < 4.78 is 1.26. The molecule has 1 aliphatic heterocycles. The van der Waals surface area contributed by atoms with Crippen LogP contribution in [0.2, 0.25) is 0 Å². The highest BCUT2D eigenvalue weighted by Gasteiger charge is 2.22. The van der Waals surface area contributed by atoms with Gasteiger partial charge in [0.1, 0.15) is 5.82 Å². The maximum absolute atomic E-state index is 4.97. The molecule has 2 heterocycles. The number of rotatable bonds is 15. The third-order valence-corrected chi connectivity index (χ3v) is 7.42. The molecule has 2 rings (SSSR count). The molecule has 0 atom stereocenters. The van der Waals surface area contributed by atoms with Gasteiger partial charge in [0.25, 0.3) is 0 Å². The molecule has 1 aliphatic rings. The Morgan fingerprint density at radius 2 is 1.32 bits per heavy atom. The van der Waals surface area contributed by atoms with Gasteiger partial charge in [0.2, 0.25) is 0 Å². The zero-order valence-corrected chi connectivity index (χ0v) is 20.4. The number of aromatic nitrogens is 1. The Balaban J connectivity index is 1.49. The molecule has 0 spiro atoms. The topological polar surface area (TPSA) is 16.1 Å². The van der Waals surface area contributed by atoms with Crippen LogP contribution in [0.1, 0.15) is 114 Å². The summed E-state index contributed by atoms with van der Waals surface area (Å²) in [5, 5.41) is 0. The summed E-state index contributed by atoms with van der Waals surface area (Å²) in [5.41, 5.74) is 4.12. The molecule has 0 radical (unpaired) electrons. The summed E-state index contributed by atoms with van der Waals surface area (Å²) in [5.74, 6) is 1.22. The minimum absolute atomic E-state index is 1.11. The number of aryl methyl sites for hydroxylation is 1. The van der Waals surface area contributed by atoms with Crippen molar-refractivity contribution in [2.75, 3.05) is 18.5 Å². The fraction of sp³-hybridized carbons (Fsp3) is 0.800. The Hall–Kier alpha value is -0.570. The standard InChI is InChI=1S/C25H43BrN2/c1-4-5-6-7-8-9-10-11-12-13-14-15-16-17-18-23-24(26)21(2)22-19-20-28(3)25(22)27-23/h4-20H2,1-3H3. The first kappa shape index (κ1) is 23.7. The van der Waals surface area contributed by atoms with Crippen molar-refractivity contribution in [1.82, 2.24) is 4.98 Å². The van der Waals surface area contributed by atoms with Crippen molar-refractivity contribution in [2.24, 2.45) is 0 Å². The highest BCUT2D eigenvalue weighted by atomic mass is 79.9. The van der Waals surface area contributed by atoms with Gasteiger partial charge >= 0.3 is 0 Å². The molecule has 1 aromatic heterocycles. The Morgan fingerprint density at radius 1 is 0.821 bits per heavy atom. The van der Waals surface area contributed by atoms with Gasteiger partial charge in [-0.3, -0.25) is 0 Å². The van der Waals surface area contributed by atoms with Crippen LogP contribution in [0.3, 0.4) is 0 Å². The normalized spacial score (nSPS) is 13.4. The van der Waals surface area contributed by atoms with Gasteiger partial charge in [-0.25, -0.2) is 4.98 Å². The van der Waals surface area contributed by atoms with E-state index in [0.29, 0.717) is 0 Å². The number of nitrogens with zero attached hydrogens (tertiary/aromatic N) is 2. The first-order valence-corrected chi connectivity index (χ1v) is 12.8. The Morgan fingerprint density at radius 3 is 1.86 bits per heavy atom. The van der Waals surface area contributed by atoms with E-state index in [1.807, 2.05) is 0 Å². The van der Waals surface area contributed by atoms with E-state index in [0.717, 1.165) is 19.4 Å². The van der Waals surface area contributed by atoms with Crippen LogP contribution >= 0.6 is 15.9 Å². The van der Waals surface area contributed by atoms with Crippen LogP contribution in [0.5, 0.6) is 0 Å². The van der Waals surface area contributed by atoms with Gasteiger partial charge in [0, 0.05) is 23.6 Å². The average Bonchev–Trinajstić information content (AvgIpc) is 3.06. The predicted octanol–water partition coefficient (Wildman–Crippen LogP) is 8.17. The van der Waals surface area contributed by atoms with Gasteiger partial charge in [-0.1, -0.05) is 90.4 Å². The number of hydrogen-bond donors (Lipinski definition) is 0. The number of likely N-dealkylation sites (N-methyl/N-ethyl adjacent to an activating group) is 1. The molecule has 0 unspecified atom stereocenters. The van der Waals surface area contributed by atoms with E-state index in [2.05, 4.69) is 41.7 Å². The lowest BCUT2D eigenvalue weighted by Gasteiger charge is -2.15. The van der Waals surface area contributed by atoms with Gasteiger partial charge in [-0.2, -0.15) is 0 Å². The molecular weight excluding hydrogens is 408 g/mol. The molecule has 0 fully saturated rings. The van der Waals surface area contributed by atoms with Crippen molar-refractivity contribution in [3.05, 3.63) is 21.3 Å². The molecule has 1 aromatic rings. The molecule has 0 saturated heterocycles. The Labute approximate surface area is 183 Å². The SMILES string of the molecule is CCCCCCCCCCCCCCCCc1nc2c(c(C)c1Br)CCN2C. The van der Waals surface area contributed by atoms with Crippen LogP contribution in [0, 0.1) is 6.92 Å². The molecule has 0 aliphatic carbocycles. The summed E-state index contributed by atoms with van der Waals surface area (Å²) in [6, 6.07) is 0. The van der Waals surface area contributed by atoms with E-state index in [1.165, 1.54) is 117 Å². The number of hydrogen-bond acceptors (Lipinski definition) is 2. The van der Waals surface area contributed by atoms with E-state index < -0.39 is 0 Å². The van der Waals surface area contributed by atoms with Crippen molar-refractivity contribution in [1.29, 1.82) is 0 Å². The fourth-order valence-corrected chi connectivity index (χ4v) is 4.94. The summed E-state index contributed by atoms with van der Waals surface area (Å²) >= 11 is 3.81. The second-order valence-electron chi connectivity index (χ2n) is 8.82. The molecule has 0 N–H and O–H groups in total. The van der Waals surface area contributed by atoms with Crippen LogP contribution in [0.15, 0.2) is 4.47 Å². The van der Waals surface area contributed by atoms with Gasteiger partial charge in [0.05, 0.1) is 5.69 Å². The van der Waals surface area contributed by atoms with Crippen molar-refractivity contribution < 1.29 is 0 Å². The number of fused-ring (bicyclic) bond motifs is 1. The zero-order chi connectivity index (χ0) is 20.2. The monoisotopic (exact) mass is 450 g/mol. The van der Waals surface area contributed by atoms with Crippen LogP contribution in [-0.2, 0) is 12.8 Å². The van der Waals surface area contributed by atoms with Gasteiger partial charge in [-0.05, 0) is 47.7 Å². The molecule has 0 aromatic carbocycles. The highest BCUT2D eigenvalue weighted by molar-refractivity contribution is 9.10. The molecule has 0 saturated carbocycles. The fourth-order valence-electron chi connectivity index (χ4n) is 4.41. The highest BCUT2D eigenvalue weighted by Crippen LogP contribution is 2.34. The van der Waals surface area contributed by atoms with Gasteiger partial charge in [0.15, 0.2) is 0 Å². The molecule has 160 valence electrons.